The van der Waals surface area contributed by atoms with Crippen LogP contribution in [0.15, 0.2) is 0 Å². The highest BCUT2D eigenvalue weighted by Crippen LogP contribution is 2.12. The van der Waals surface area contributed by atoms with Gasteiger partial charge in [-0.05, 0) is 12.8 Å². The van der Waals surface area contributed by atoms with E-state index in [-0.39, 0.29) is 0 Å². The van der Waals surface area contributed by atoms with E-state index in [4.69, 9.17) is 0 Å². The molecule has 0 nitrogen and oxygen atoms in total. The fourth-order valence-corrected chi connectivity index (χ4v) is 1.45. The van der Waals surface area contributed by atoms with Gasteiger partial charge in [0.05, 0.1) is 0 Å². The van der Waals surface area contributed by atoms with E-state index in [0.717, 1.165) is 6.42 Å². The van der Waals surface area contributed by atoms with E-state index >= 15 is 0 Å². The molecule has 2 heteroatoms. The van der Waals surface area contributed by atoms with Crippen molar-refractivity contribution in [2.24, 2.45) is 0 Å². The van der Waals surface area contributed by atoms with Crippen molar-refractivity contribution in [2.45, 2.75) is 63.8 Å². The van der Waals surface area contributed by atoms with Gasteiger partial charge < -0.3 is 0 Å². The van der Waals surface area contributed by atoms with Crippen molar-refractivity contribution in [1.82, 2.24) is 0 Å². The van der Waals surface area contributed by atoms with Crippen LogP contribution in [0.25, 0.3) is 0 Å². The van der Waals surface area contributed by atoms with E-state index in [2.05, 4.69) is 19.6 Å². The third-order valence-corrected chi connectivity index (χ3v) is 2.30. The Morgan fingerprint density at radius 2 is 1.50 bits per heavy atom. The summed E-state index contributed by atoms with van der Waals surface area (Å²) in [6.45, 7) is 2.22. The van der Waals surface area contributed by atoms with Gasteiger partial charge in [0.2, 0.25) is 0 Å². The average molecular weight is 192 g/mol. The summed E-state index contributed by atoms with van der Waals surface area (Å²) in [6, 6.07) is 0. The molecule has 0 fully saturated rings. The molecule has 0 aromatic rings. The van der Waals surface area contributed by atoms with Gasteiger partial charge in [-0.3, -0.25) is 0 Å². The van der Waals surface area contributed by atoms with Gasteiger partial charge in [0, 0.05) is 0 Å². The average Bonchev–Trinajstić information content (AvgIpc) is 2.02. The van der Waals surface area contributed by atoms with E-state index in [0.29, 0.717) is 6.42 Å². The molecular weight excluding hydrogens is 171 g/mol. The Morgan fingerprint density at radius 1 is 1.00 bits per heavy atom. The number of hydrogen-bond acceptors (Lipinski definition) is 1. The summed E-state index contributed by atoms with van der Waals surface area (Å²) in [4.78, 5) is 0. The van der Waals surface area contributed by atoms with Crippen molar-refractivity contribution in [3.63, 3.8) is 0 Å². The monoisotopic (exact) mass is 192 g/mol. The second kappa shape index (κ2) is 9.37. The number of thiol groups is 1. The molecule has 74 valence electrons. The maximum atomic E-state index is 12.2. The molecule has 0 aliphatic rings. The molecular formula is C10H21FS. The van der Waals surface area contributed by atoms with Crippen molar-refractivity contribution in [3.05, 3.63) is 0 Å². The first-order valence-electron chi connectivity index (χ1n) is 5.09. The van der Waals surface area contributed by atoms with Crippen molar-refractivity contribution in [3.8, 4) is 0 Å². The lowest BCUT2D eigenvalue weighted by Gasteiger charge is -2.01. The zero-order valence-electron chi connectivity index (χ0n) is 8.06. The third kappa shape index (κ3) is 10.3. The van der Waals surface area contributed by atoms with Crippen LogP contribution in [0, 0.1) is 0 Å². The minimum absolute atomic E-state index is 0.622. The van der Waals surface area contributed by atoms with Crippen molar-refractivity contribution in [1.29, 1.82) is 0 Å². The summed E-state index contributed by atoms with van der Waals surface area (Å²) in [6.07, 6.45) is 9.36. The first-order chi connectivity index (χ1) is 5.77. The molecule has 0 saturated heterocycles. The predicted octanol–water partition coefficient (Wildman–Crippen LogP) is 4.35. The molecule has 12 heavy (non-hydrogen) atoms. The van der Waals surface area contributed by atoms with E-state index in [9.17, 15) is 4.39 Å². The second-order valence-corrected chi connectivity index (χ2v) is 3.90. The van der Waals surface area contributed by atoms with Crippen LogP contribution in [0.4, 0.5) is 4.39 Å². The van der Waals surface area contributed by atoms with E-state index in [1.54, 1.807) is 0 Å². The van der Waals surface area contributed by atoms with Crippen molar-refractivity contribution >= 4 is 12.6 Å². The molecule has 0 saturated carbocycles. The Morgan fingerprint density at radius 3 is 2.00 bits per heavy atom. The van der Waals surface area contributed by atoms with Crippen LogP contribution in [0.1, 0.15) is 58.3 Å². The van der Waals surface area contributed by atoms with Gasteiger partial charge in [-0.1, -0.05) is 45.4 Å². The minimum atomic E-state index is -0.902. The number of alkyl halides is 1. The van der Waals surface area contributed by atoms with Crippen molar-refractivity contribution < 1.29 is 4.39 Å². The Labute approximate surface area is 81.3 Å². The highest BCUT2D eigenvalue weighted by molar-refractivity contribution is 7.80. The lowest BCUT2D eigenvalue weighted by molar-refractivity contribution is 0.414. The van der Waals surface area contributed by atoms with Gasteiger partial charge >= 0.3 is 0 Å². The Hall–Kier alpha value is 0.280. The molecule has 0 N–H and O–H groups in total. The quantitative estimate of drug-likeness (QED) is 0.429. The third-order valence-electron chi connectivity index (χ3n) is 2.05. The lowest BCUT2D eigenvalue weighted by atomic mass is 10.1. The van der Waals surface area contributed by atoms with Crippen LogP contribution in [0.5, 0.6) is 0 Å². The maximum Gasteiger partial charge on any atom is 0.143 e. The van der Waals surface area contributed by atoms with Gasteiger partial charge in [-0.15, -0.1) is 12.6 Å². The maximum absolute atomic E-state index is 12.2. The number of hydrogen-bond donors (Lipinski definition) is 1. The largest absolute Gasteiger partial charge is 0.236 e. The van der Waals surface area contributed by atoms with Gasteiger partial charge in [0.25, 0.3) is 0 Å². The molecule has 0 aromatic heterocycles. The Balaban J connectivity index is 2.82. The van der Waals surface area contributed by atoms with E-state index in [1.807, 2.05) is 0 Å². The fraction of sp³-hybridized carbons (Fsp3) is 1.00. The van der Waals surface area contributed by atoms with Gasteiger partial charge in [-0.25, -0.2) is 4.39 Å². The molecule has 0 heterocycles. The smallest absolute Gasteiger partial charge is 0.143 e. The van der Waals surface area contributed by atoms with Gasteiger partial charge in [-0.2, -0.15) is 0 Å². The molecule has 0 rings (SSSR count). The SMILES string of the molecule is CCCCCCCCCC(F)S. The summed E-state index contributed by atoms with van der Waals surface area (Å²) in [5.74, 6) is 0. The molecule has 0 bridgehead atoms. The van der Waals surface area contributed by atoms with Crippen LogP contribution in [0.3, 0.4) is 0 Å². The summed E-state index contributed by atoms with van der Waals surface area (Å²) in [7, 11) is 0. The van der Waals surface area contributed by atoms with Crippen LogP contribution < -0.4 is 0 Å². The van der Waals surface area contributed by atoms with Crippen LogP contribution in [0.2, 0.25) is 0 Å². The first kappa shape index (κ1) is 12.3. The minimum Gasteiger partial charge on any atom is -0.236 e. The molecule has 0 aliphatic heterocycles. The Bertz CT molecular complexity index is 83.9. The summed E-state index contributed by atoms with van der Waals surface area (Å²) >= 11 is 3.69. The zero-order valence-corrected chi connectivity index (χ0v) is 8.95. The number of halogens is 1. The van der Waals surface area contributed by atoms with E-state index < -0.39 is 5.50 Å². The fourth-order valence-electron chi connectivity index (χ4n) is 1.27. The molecule has 1 unspecified atom stereocenters. The highest BCUT2D eigenvalue weighted by atomic mass is 32.1. The lowest BCUT2D eigenvalue weighted by Crippen LogP contribution is -1.88. The zero-order chi connectivity index (χ0) is 9.23. The predicted molar refractivity (Wildman–Crippen MR) is 56.5 cm³/mol. The normalized spacial score (nSPS) is 13.2. The molecule has 0 radical (unpaired) electrons. The summed E-state index contributed by atoms with van der Waals surface area (Å²) < 4.78 is 12.2. The molecule has 1 atom stereocenters. The first-order valence-corrected chi connectivity index (χ1v) is 5.61. The topological polar surface area (TPSA) is 0 Å². The van der Waals surface area contributed by atoms with Crippen LogP contribution in [-0.2, 0) is 0 Å². The molecule has 0 aromatic carbocycles. The number of rotatable bonds is 8. The standard InChI is InChI=1S/C10H21FS/c1-2-3-4-5-6-7-8-9-10(11)12/h10,12H,2-9H2,1H3. The molecule has 0 amide bonds. The number of unbranched alkanes of at least 4 members (excludes halogenated alkanes) is 6. The summed E-state index contributed by atoms with van der Waals surface area (Å²) in [5.41, 5.74) is -0.902. The van der Waals surface area contributed by atoms with Crippen LogP contribution in [-0.4, -0.2) is 5.50 Å². The van der Waals surface area contributed by atoms with Crippen LogP contribution >= 0.6 is 12.6 Å². The summed E-state index contributed by atoms with van der Waals surface area (Å²) in [5, 5.41) is 0. The molecule has 0 aliphatic carbocycles. The van der Waals surface area contributed by atoms with Gasteiger partial charge in [0.1, 0.15) is 5.50 Å². The highest BCUT2D eigenvalue weighted by Gasteiger charge is 1.97. The molecule has 0 spiro atoms. The van der Waals surface area contributed by atoms with Crippen molar-refractivity contribution in [2.75, 3.05) is 0 Å². The van der Waals surface area contributed by atoms with Gasteiger partial charge in [0.15, 0.2) is 0 Å². The second-order valence-electron chi connectivity index (χ2n) is 3.34. The Kier molecular flexibility index (Phi) is 9.59. The van der Waals surface area contributed by atoms with E-state index in [1.165, 1.54) is 38.5 Å².